The highest BCUT2D eigenvalue weighted by molar-refractivity contribution is 6.31. The van der Waals surface area contributed by atoms with Gasteiger partial charge in [0, 0.05) is 10.0 Å². The van der Waals surface area contributed by atoms with Gasteiger partial charge in [0.15, 0.2) is 0 Å². The zero-order chi connectivity index (χ0) is 14.5. The minimum atomic E-state index is -0.122. The van der Waals surface area contributed by atoms with Gasteiger partial charge in [0.1, 0.15) is 0 Å². The Hall–Kier alpha value is -1.51. The highest BCUT2D eigenvalue weighted by atomic mass is 35.5. The van der Waals surface area contributed by atoms with Gasteiger partial charge in [0.25, 0.3) is 0 Å². The lowest BCUT2D eigenvalue weighted by molar-refractivity contribution is -0.121. The number of benzene rings is 2. The Kier molecular flexibility index (Phi) is 5.05. The molecule has 0 aliphatic heterocycles. The minimum absolute atomic E-state index is 0.0419. The van der Waals surface area contributed by atoms with Gasteiger partial charge in [0.05, 0.1) is 12.5 Å². The molecule has 4 heteroatoms. The van der Waals surface area contributed by atoms with Gasteiger partial charge in [-0.3, -0.25) is 4.79 Å². The maximum atomic E-state index is 12.0. The van der Waals surface area contributed by atoms with Crippen molar-refractivity contribution in [2.24, 2.45) is 0 Å². The summed E-state index contributed by atoms with van der Waals surface area (Å²) in [5, 5.41) is 4.27. The van der Waals surface area contributed by atoms with Crippen molar-refractivity contribution in [1.82, 2.24) is 5.32 Å². The summed E-state index contributed by atoms with van der Waals surface area (Å²) in [6.07, 6.45) is 0.325. The molecule has 0 aromatic heterocycles. The fourth-order valence-electron chi connectivity index (χ4n) is 1.98. The molecule has 2 aromatic rings. The molecule has 0 saturated heterocycles. The molecule has 2 nitrogen and oxygen atoms in total. The molecule has 1 amide bonds. The molecule has 0 radical (unpaired) electrons. The standard InChI is InChI=1S/C16H15Cl2NO/c1-11(14-4-2-3-5-15(14)18)19-16(20)10-12-6-8-13(17)9-7-12/h2-9,11H,10H2,1H3,(H,19,20). The van der Waals surface area contributed by atoms with E-state index in [1.165, 1.54) is 0 Å². The molecule has 0 saturated carbocycles. The molecule has 2 rings (SSSR count). The van der Waals surface area contributed by atoms with Gasteiger partial charge < -0.3 is 5.32 Å². The lowest BCUT2D eigenvalue weighted by Crippen LogP contribution is -2.28. The van der Waals surface area contributed by atoms with Gasteiger partial charge in [-0.15, -0.1) is 0 Å². The summed E-state index contributed by atoms with van der Waals surface area (Å²) in [4.78, 5) is 12.0. The fourth-order valence-corrected chi connectivity index (χ4v) is 2.41. The van der Waals surface area contributed by atoms with Crippen molar-refractivity contribution in [3.63, 3.8) is 0 Å². The van der Waals surface area contributed by atoms with Gasteiger partial charge in [-0.2, -0.15) is 0 Å². The van der Waals surface area contributed by atoms with Crippen molar-refractivity contribution in [2.75, 3.05) is 0 Å². The maximum absolute atomic E-state index is 12.0. The molecular weight excluding hydrogens is 293 g/mol. The van der Waals surface area contributed by atoms with Crippen LogP contribution in [0.3, 0.4) is 0 Å². The monoisotopic (exact) mass is 307 g/mol. The van der Waals surface area contributed by atoms with Crippen molar-refractivity contribution >= 4 is 29.1 Å². The first-order valence-corrected chi connectivity index (χ1v) is 7.10. The molecule has 0 heterocycles. The maximum Gasteiger partial charge on any atom is 0.224 e. The summed E-state index contributed by atoms with van der Waals surface area (Å²) in [7, 11) is 0. The molecule has 20 heavy (non-hydrogen) atoms. The van der Waals surface area contributed by atoms with E-state index in [-0.39, 0.29) is 11.9 Å². The average molecular weight is 308 g/mol. The van der Waals surface area contributed by atoms with Gasteiger partial charge in [-0.25, -0.2) is 0 Å². The van der Waals surface area contributed by atoms with Crippen LogP contribution in [0.5, 0.6) is 0 Å². The summed E-state index contributed by atoms with van der Waals surface area (Å²) < 4.78 is 0. The van der Waals surface area contributed by atoms with Crippen LogP contribution in [-0.2, 0) is 11.2 Å². The number of nitrogens with one attached hydrogen (secondary N) is 1. The van der Waals surface area contributed by atoms with E-state index in [1.807, 2.05) is 43.3 Å². The van der Waals surface area contributed by atoms with Crippen LogP contribution in [0.2, 0.25) is 10.0 Å². The van der Waals surface area contributed by atoms with Crippen LogP contribution in [0.1, 0.15) is 24.1 Å². The fraction of sp³-hybridized carbons (Fsp3) is 0.188. The van der Waals surface area contributed by atoms with E-state index in [4.69, 9.17) is 23.2 Å². The molecule has 1 atom stereocenters. The van der Waals surface area contributed by atoms with E-state index in [2.05, 4.69) is 5.32 Å². The van der Waals surface area contributed by atoms with Crippen molar-refractivity contribution < 1.29 is 4.79 Å². The number of carbonyl (C=O) groups is 1. The van der Waals surface area contributed by atoms with Crippen LogP contribution in [0.25, 0.3) is 0 Å². The summed E-state index contributed by atoms with van der Waals surface area (Å²) in [6.45, 7) is 1.92. The predicted molar refractivity (Wildman–Crippen MR) is 83.2 cm³/mol. The van der Waals surface area contributed by atoms with Crippen LogP contribution >= 0.6 is 23.2 Å². The second-order valence-corrected chi connectivity index (χ2v) is 5.46. The molecule has 0 aliphatic carbocycles. The topological polar surface area (TPSA) is 29.1 Å². The van der Waals surface area contributed by atoms with Gasteiger partial charge in [-0.05, 0) is 36.2 Å². The zero-order valence-corrected chi connectivity index (χ0v) is 12.6. The lowest BCUT2D eigenvalue weighted by atomic mass is 10.1. The third kappa shape index (κ3) is 3.99. The molecule has 0 spiro atoms. The lowest BCUT2D eigenvalue weighted by Gasteiger charge is -2.15. The Morgan fingerprint density at radius 1 is 1.10 bits per heavy atom. The van der Waals surface area contributed by atoms with Crippen LogP contribution < -0.4 is 5.32 Å². The summed E-state index contributed by atoms with van der Waals surface area (Å²) in [5.74, 6) is -0.0419. The van der Waals surface area contributed by atoms with E-state index in [1.54, 1.807) is 12.1 Å². The zero-order valence-electron chi connectivity index (χ0n) is 11.1. The third-order valence-corrected chi connectivity index (χ3v) is 3.62. The van der Waals surface area contributed by atoms with E-state index in [0.29, 0.717) is 16.5 Å². The number of halogens is 2. The Bertz CT molecular complexity index is 596. The molecule has 1 unspecified atom stereocenters. The second-order valence-electron chi connectivity index (χ2n) is 4.61. The van der Waals surface area contributed by atoms with Crippen molar-refractivity contribution in [2.45, 2.75) is 19.4 Å². The normalized spacial score (nSPS) is 11.9. The van der Waals surface area contributed by atoms with Crippen molar-refractivity contribution in [1.29, 1.82) is 0 Å². The van der Waals surface area contributed by atoms with Crippen LogP contribution in [0.4, 0.5) is 0 Å². The van der Waals surface area contributed by atoms with Crippen LogP contribution in [0.15, 0.2) is 48.5 Å². The largest absolute Gasteiger partial charge is 0.349 e. The summed E-state index contributed by atoms with van der Waals surface area (Å²) in [5.41, 5.74) is 1.84. The van der Waals surface area contributed by atoms with Gasteiger partial charge in [0.2, 0.25) is 5.91 Å². The molecule has 0 aliphatic rings. The number of hydrogen-bond donors (Lipinski definition) is 1. The van der Waals surface area contributed by atoms with Crippen molar-refractivity contribution in [3.8, 4) is 0 Å². The van der Waals surface area contributed by atoms with E-state index >= 15 is 0 Å². The smallest absolute Gasteiger partial charge is 0.224 e. The molecule has 0 fully saturated rings. The molecule has 0 bridgehead atoms. The second kappa shape index (κ2) is 6.78. The summed E-state index contributed by atoms with van der Waals surface area (Å²) >= 11 is 11.9. The Morgan fingerprint density at radius 2 is 1.75 bits per heavy atom. The van der Waals surface area contributed by atoms with E-state index in [0.717, 1.165) is 11.1 Å². The first-order valence-electron chi connectivity index (χ1n) is 6.34. The Balaban J connectivity index is 1.98. The van der Waals surface area contributed by atoms with Gasteiger partial charge >= 0.3 is 0 Å². The quantitative estimate of drug-likeness (QED) is 0.890. The van der Waals surface area contributed by atoms with Crippen LogP contribution in [-0.4, -0.2) is 5.91 Å². The number of hydrogen-bond acceptors (Lipinski definition) is 1. The van der Waals surface area contributed by atoms with E-state index < -0.39 is 0 Å². The number of rotatable bonds is 4. The SMILES string of the molecule is CC(NC(=O)Cc1ccc(Cl)cc1)c1ccccc1Cl. The summed E-state index contributed by atoms with van der Waals surface area (Å²) in [6, 6.07) is 14.6. The molecule has 104 valence electrons. The highest BCUT2D eigenvalue weighted by Gasteiger charge is 2.12. The van der Waals surface area contributed by atoms with Crippen molar-refractivity contribution in [3.05, 3.63) is 69.7 Å². The Labute approximate surface area is 128 Å². The highest BCUT2D eigenvalue weighted by Crippen LogP contribution is 2.22. The average Bonchev–Trinajstić information content (AvgIpc) is 2.41. The number of amides is 1. The minimum Gasteiger partial charge on any atom is -0.349 e. The first kappa shape index (κ1) is 14.9. The first-order chi connectivity index (χ1) is 9.56. The third-order valence-electron chi connectivity index (χ3n) is 3.03. The van der Waals surface area contributed by atoms with Crippen LogP contribution in [0, 0.1) is 0 Å². The number of carbonyl (C=O) groups excluding carboxylic acids is 1. The molecule has 1 N–H and O–H groups in total. The van der Waals surface area contributed by atoms with E-state index in [9.17, 15) is 4.79 Å². The predicted octanol–water partition coefficient (Wildman–Crippen LogP) is 4.41. The molecule has 2 aromatic carbocycles. The van der Waals surface area contributed by atoms with Gasteiger partial charge in [-0.1, -0.05) is 53.5 Å². The Morgan fingerprint density at radius 3 is 2.40 bits per heavy atom. The molecular formula is C16H15Cl2NO.